The van der Waals surface area contributed by atoms with Crippen molar-refractivity contribution in [2.75, 3.05) is 18.0 Å². The number of fused-ring (bicyclic) bond motifs is 1. The number of nitrogens with zero attached hydrogens (tertiary/aromatic N) is 3. The van der Waals surface area contributed by atoms with Crippen LogP contribution in [0.3, 0.4) is 0 Å². The molecule has 1 saturated heterocycles. The second-order valence-corrected chi connectivity index (χ2v) is 4.57. The molecule has 0 atom stereocenters. The van der Waals surface area contributed by atoms with Gasteiger partial charge in [0.15, 0.2) is 12.1 Å². The Bertz CT molecular complexity index is 567. The molecule has 4 heteroatoms. The van der Waals surface area contributed by atoms with E-state index in [1.807, 2.05) is 29.7 Å². The predicted octanol–water partition coefficient (Wildman–Crippen LogP) is 2.06. The third-order valence-electron chi connectivity index (χ3n) is 3.30. The first-order valence-corrected chi connectivity index (χ1v) is 5.98. The van der Waals surface area contributed by atoms with E-state index in [1.165, 1.54) is 12.8 Å². The number of imidazole rings is 1. The second kappa shape index (κ2) is 3.87. The van der Waals surface area contributed by atoms with Gasteiger partial charge in [-0.15, -0.1) is 0 Å². The molecule has 0 unspecified atom stereocenters. The van der Waals surface area contributed by atoms with Crippen LogP contribution in [0.5, 0.6) is 0 Å². The zero-order chi connectivity index (χ0) is 11.8. The van der Waals surface area contributed by atoms with E-state index in [1.54, 1.807) is 0 Å². The van der Waals surface area contributed by atoms with Crippen molar-refractivity contribution in [1.29, 1.82) is 0 Å². The maximum atomic E-state index is 11.3. The van der Waals surface area contributed by atoms with E-state index >= 15 is 0 Å². The summed E-state index contributed by atoms with van der Waals surface area (Å²) in [5.41, 5.74) is 2.65. The van der Waals surface area contributed by atoms with Crippen LogP contribution in [0.2, 0.25) is 0 Å². The van der Waals surface area contributed by atoms with Crippen molar-refractivity contribution in [3.63, 3.8) is 0 Å². The maximum absolute atomic E-state index is 11.3. The van der Waals surface area contributed by atoms with E-state index in [4.69, 9.17) is 0 Å². The van der Waals surface area contributed by atoms with Crippen LogP contribution in [0.4, 0.5) is 5.82 Å². The Hall–Kier alpha value is -1.84. The molecule has 1 aliphatic rings. The van der Waals surface area contributed by atoms with Crippen LogP contribution in [0.15, 0.2) is 18.3 Å². The average molecular weight is 229 g/mol. The normalized spacial score (nSPS) is 15.7. The topological polar surface area (TPSA) is 37.6 Å². The van der Waals surface area contributed by atoms with Crippen LogP contribution in [0, 0.1) is 6.92 Å². The fourth-order valence-corrected chi connectivity index (χ4v) is 2.43. The number of aromatic nitrogens is 2. The highest BCUT2D eigenvalue weighted by Crippen LogP contribution is 2.24. The van der Waals surface area contributed by atoms with E-state index in [2.05, 4.69) is 9.88 Å². The summed E-state index contributed by atoms with van der Waals surface area (Å²) < 4.78 is 1.88. The predicted molar refractivity (Wildman–Crippen MR) is 66.8 cm³/mol. The standard InChI is InChI=1S/C13H15N3O/c1-10-4-5-12-14-13(15-6-2-3-7-15)11(9-17)16(12)8-10/h4-5,8-9H,2-3,6-7H2,1H3. The van der Waals surface area contributed by atoms with Gasteiger partial charge in [0.1, 0.15) is 11.3 Å². The Balaban J connectivity index is 2.20. The summed E-state index contributed by atoms with van der Waals surface area (Å²) in [6.45, 7) is 4.02. The molecule has 1 fully saturated rings. The number of carbonyl (C=O) groups excluding carboxylic acids is 1. The quantitative estimate of drug-likeness (QED) is 0.740. The van der Waals surface area contributed by atoms with Gasteiger partial charge in [-0.1, -0.05) is 6.07 Å². The summed E-state index contributed by atoms with van der Waals surface area (Å²) in [5, 5.41) is 0. The minimum absolute atomic E-state index is 0.672. The molecule has 0 N–H and O–H groups in total. The molecule has 0 spiro atoms. The van der Waals surface area contributed by atoms with E-state index in [-0.39, 0.29) is 0 Å². The Kier molecular flexibility index (Phi) is 2.35. The first kappa shape index (κ1) is 10.3. The van der Waals surface area contributed by atoms with E-state index in [0.29, 0.717) is 5.69 Å². The first-order valence-electron chi connectivity index (χ1n) is 5.98. The lowest BCUT2D eigenvalue weighted by Crippen LogP contribution is -2.19. The number of aryl methyl sites for hydroxylation is 1. The molecule has 4 nitrogen and oxygen atoms in total. The van der Waals surface area contributed by atoms with Crippen molar-refractivity contribution in [2.24, 2.45) is 0 Å². The molecule has 0 aromatic carbocycles. The summed E-state index contributed by atoms with van der Waals surface area (Å²) >= 11 is 0. The van der Waals surface area contributed by atoms with E-state index in [9.17, 15) is 4.79 Å². The molecule has 3 heterocycles. The highest BCUT2D eigenvalue weighted by atomic mass is 16.1. The largest absolute Gasteiger partial charge is 0.355 e. The Labute approximate surface area is 99.9 Å². The molecule has 3 rings (SSSR count). The monoisotopic (exact) mass is 229 g/mol. The van der Waals surface area contributed by atoms with Gasteiger partial charge in [-0.25, -0.2) is 4.98 Å². The third-order valence-corrected chi connectivity index (χ3v) is 3.30. The molecule has 0 aliphatic carbocycles. The summed E-state index contributed by atoms with van der Waals surface area (Å²) in [4.78, 5) is 18.0. The lowest BCUT2D eigenvalue weighted by molar-refractivity contribution is 0.111. The number of pyridine rings is 1. The Morgan fingerprint density at radius 3 is 2.76 bits per heavy atom. The van der Waals surface area contributed by atoms with Crippen molar-refractivity contribution < 1.29 is 4.79 Å². The zero-order valence-corrected chi connectivity index (χ0v) is 9.89. The summed E-state index contributed by atoms with van der Waals surface area (Å²) in [6, 6.07) is 3.98. The van der Waals surface area contributed by atoms with E-state index < -0.39 is 0 Å². The smallest absolute Gasteiger partial charge is 0.170 e. The average Bonchev–Trinajstić information content (AvgIpc) is 2.94. The van der Waals surface area contributed by atoms with Gasteiger partial charge in [-0.3, -0.25) is 9.20 Å². The molecule has 0 radical (unpaired) electrons. The molecule has 0 bridgehead atoms. The van der Waals surface area contributed by atoms with E-state index in [0.717, 1.165) is 36.4 Å². The lowest BCUT2D eigenvalue weighted by Gasteiger charge is -2.14. The van der Waals surface area contributed by atoms with Gasteiger partial charge in [-0.2, -0.15) is 0 Å². The summed E-state index contributed by atoms with van der Waals surface area (Å²) in [7, 11) is 0. The van der Waals surface area contributed by atoms with Crippen molar-refractivity contribution in [3.8, 4) is 0 Å². The van der Waals surface area contributed by atoms with Crippen molar-refractivity contribution in [3.05, 3.63) is 29.6 Å². The van der Waals surface area contributed by atoms with Gasteiger partial charge in [0, 0.05) is 19.3 Å². The van der Waals surface area contributed by atoms with Crippen LogP contribution in [0.1, 0.15) is 28.9 Å². The van der Waals surface area contributed by atoms with Gasteiger partial charge in [0.25, 0.3) is 0 Å². The van der Waals surface area contributed by atoms with Crippen LogP contribution in [-0.2, 0) is 0 Å². The fraction of sp³-hybridized carbons (Fsp3) is 0.385. The lowest BCUT2D eigenvalue weighted by atomic mass is 10.3. The molecule has 2 aromatic rings. The molecule has 1 aliphatic heterocycles. The van der Waals surface area contributed by atoms with Crippen LogP contribution >= 0.6 is 0 Å². The van der Waals surface area contributed by atoms with Gasteiger partial charge >= 0.3 is 0 Å². The van der Waals surface area contributed by atoms with Gasteiger partial charge < -0.3 is 4.90 Å². The number of carbonyl (C=O) groups is 1. The number of anilines is 1. The number of hydrogen-bond acceptors (Lipinski definition) is 3. The SMILES string of the molecule is Cc1ccc2nc(N3CCCC3)c(C=O)n2c1. The Morgan fingerprint density at radius 2 is 2.06 bits per heavy atom. The van der Waals surface area contributed by atoms with Crippen molar-refractivity contribution >= 4 is 17.8 Å². The van der Waals surface area contributed by atoms with Gasteiger partial charge in [0.05, 0.1) is 0 Å². The number of hydrogen-bond donors (Lipinski definition) is 0. The number of rotatable bonds is 2. The molecular formula is C13H15N3O. The molecule has 0 saturated carbocycles. The van der Waals surface area contributed by atoms with Crippen LogP contribution in [-0.4, -0.2) is 28.8 Å². The van der Waals surface area contributed by atoms with Gasteiger partial charge in [0.2, 0.25) is 0 Å². The second-order valence-electron chi connectivity index (χ2n) is 4.57. The minimum Gasteiger partial charge on any atom is -0.355 e. The Morgan fingerprint density at radius 1 is 1.29 bits per heavy atom. The highest BCUT2D eigenvalue weighted by molar-refractivity contribution is 5.83. The number of aldehydes is 1. The van der Waals surface area contributed by atoms with Crippen molar-refractivity contribution in [2.45, 2.75) is 19.8 Å². The summed E-state index contributed by atoms with van der Waals surface area (Å²) in [5.74, 6) is 0.836. The summed E-state index contributed by atoms with van der Waals surface area (Å²) in [6.07, 6.45) is 5.25. The highest BCUT2D eigenvalue weighted by Gasteiger charge is 2.20. The fourth-order valence-electron chi connectivity index (χ4n) is 2.43. The maximum Gasteiger partial charge on any atom is 0.170 e. The van der Waals surface area contributed by atoms with Gasteiger partial charge in [-0.05, 0) is 31.4 Å². The first-order chi connectivity index (χ1) is 8.29. The zero-order valence-electron chi connectivity index (χ0n) is 9.89. The van der Waals surface area contributed by atoms with Crippen molar-refractivity contribution in [1.82, 2.24) is 9.38 Å². The van der Waals surface area contributed by atoms with Crippen LogP contribution in [0.25, 0.3) is 5.65 Å². The molecule has 88 valence electrons. The molecule has 2 aromatic heterocycles. The minimum atomic E-state index is 0.672. The van der Waals surface area contributed by atoms with Crippen LogP contribution < -0.4 is 4.90 Å². The molecular weight excluding hydrogens is 214 g/mol. The molecule has 0 amide bonds. The molecule has 17 heavy (non-hydrogen) atoms. The third kappa shape index (κ3) is 1.60.